The third-order valence-corrected chi connectivity index (χ3v) is 5.14. The Balaban J connectivity index is 1.89. The number of amides is 2. The summed E-state index contributed by atoms with van der Waals surface area (Å²) in [7, 11) is 1.61. The van der Waals surface area contributed by atoms with E-state index >= 15 is 0 Å². The first kappa shape index (κ1) is 25.2. The second-order valence-corrected chi connectivity index (χ2v) is 7.82. The lowest BCUT2D eigenvalue weighted by atomic mass is 10.1. The highest BCUT2D eigenvalue weighted by Crippen LogP contribution is 2.28. The molecule has 0 bridgehead atoms. The van der Waals surface area contributed by atoms with Gasteiger partial charge in [-0.3, -0.25) is 14.5 Å². The average Bonchev–Trinajstić information content (AvgIpc) is 2.75. The minimum Gasteiger partial charge on any atom is -0.493 e. The maximum absolute atomic E-state index is 12.4. The molecule has 2 N–H and O–H groups in total. The first-order chi connectivity index (χ1) is 15.3. The van der Waals surface area contributed by atoms with Gasteiger partial charge in [0.05, 0.1) is 26.8 Å². The highest BCUT2D eigenvalue weighted by atomic mass is 16.5. The summed E-state index contributed by atoms with van der Waals surface area (Å²) >= 11 is 0. The van der Waals surface area contributed by atoms with Crippen LogP contribution in [-0.2, 0) is 16.1 Å². The van der Waals surface area contributed by atoms with Gasteiger partial charge in [0, 0.05) is 12.2 Å². The van der Waals surface area contributed by atoms with Crippen molar-refractivity contribution in [3.05, 3.63) is 52.6 Å². The number of rotatable bonds is 11. The maximum Gasteiger partial charge on any atom is 0.243 e. The van der Waals surface area contributed by atoms with Crippen molar-refractivity contribution in [1.29, 1.82) is 0 Å². The van der Waals surface area contributed by atoms with Crippen molar-refractivity contribution in [3.8, 4) is 11.5 Å². The lowest BCUT2D eigenvalue weighted by molar-refractivity contribution is -0.125. The standard InChI is InChI=1S/C25H35N3O4/c1-7-28(15-20-9-10-21(32-8-2)22(13-20)31-6)16-24(30)26-14-23(29)27-25-18(4)11-17(3)12-19(25)5/h9-13H,7-8,14-16H2,1-6H3,(H,26,30)(H,27,29). The number of aryl methyl sites for hydroxylation is 3. The van der Waals surface area contributed by atoms with Crippen molar-refractivity contribution >= 4 is 17.5 Å². The van der Waals surface area contributed by atoms with E-state index in [0.717, 1.165) is 27.9 Å². The molecule has 2 aromatic rings. The van der Waals surface area contributed by atoms with Gasteiger partial charge < -0.3 is 20.1 Å². The summed E-state index contributed by atoms with van der Waals surface area (Å²) < 4.78 is 11.0. The van der Waals surface area contributed by atoms with Gasteiger partial charge in [0.25, 0.3) is 0 Å². The molecule has 0 radical (unpaired) electrons. The van der Waals surface area contributed by atoms with Crippen LogP contribution in [0.3, 0.4) is 0 Å². The third kappa shape index (κ3) is 7.27. The van der Waals surface area contributed by atoms with Crippen molar-refractivity contribution in [2.24, 2.45) is 0 Å². The van der Waals surface area contributed by atoms with Crippen LogP contribution in [0.5, 0.6) is 11.5 Å². The number of carbonyl (C=O) groups excluding carboxylic acids is 2. The average molecular weight is 442 g/mol. The molecule has 0 aromatic heterocycles. The molecule has 174 valence electrons. The lowest BCUT2D eigenvalue weighted by Crippen LogP contribution is -2.40. The van der Waals surface area contributed by atoms with Crippen LogP contribution in [0.1, 0.15) is 36.1 Å². The van der Waals surface area contributed by atoms with Gasteiger partial charge in [-0.1, -0.05) is 30.7 Å². The topological polar surface area (TPSA) is 79.9 Å². The number of hydrogen-bond acceptors (Lipinski definition) is 5. The molecule has 7 heteroatoms. The number of methoxy groups -OCH3 is 1. The number of ether oxygens (including phenoxy) is 2. The molecule has 0 aliphatic heterocycles. The molecule has 0 saturated carbocycles. The number of hydrogen-bond donors (Lipinski definition) is 2. The van der Waals surface area contributed by atoms with Crippen LogP contribution in [0.15, 0.2) is 30.3 Å². The summed E-state index contributed by atoms with van der Waals surface area (Å²) in [6.45, 7) is 11.8. The predicted molar refractivity (Wildman–Crippen MR) is 127 cm³/mol. The van der Waals surface area contributed by atoms with E-state index in [-0.39, 0.29) is 24.9 Å². The molecule has 0 fully saturated rings. The van der Waals surface area contributed by atoms with Crippen LogP contribution in [-0.4, -0.2) is 50.1 Å². The molecule has 2 amide bonds. The Labute approximate surface area is 191 Å². The predicted octanol–water partition coefficient (Wildman–Crippen LogP) is 3.60. The highest BCUT2D eigenvalue weighted by molar-refractivity contribution is 5.96. The fraction of sp³-hybridized carbons (Fsp3) is 0.440. The number of nitrogens with zero attached hydrogens (tertiary/aromatic N) is 1. The third-order valence-electron chi connectivity index (χ3n) is 5.14. The Hall–Kier alpha value is -3.06. The van der Waals surface area contributed by atoms with Gasteiger partial charge >= 0.3 is 0 Å². The van der Waals surface area contributed by atoms with Crippen LogP contribution in [0.2, 0.25) is 0 Å². The molecular formula is C25H35N3O4. The zero-order chi connectivity index (χ0) is 23.7. The van der Waals surface area contributed by atoms with Crippen molar-refractivity contribution < 1.29 is 19.1 Å². The smallest absolute Gasteiger partial charge is 0.243 e. The zero-order valence-electron chi connectivity index (χ0n) is 20.0. The molecule has 0 heterocycles. The summed E-state index contributed by atoms with van der Waals surface area (Å²) in [5, 5.41) is 5.62. The molecule has 32 heavy (non-hydrogen) atoms. The van der Waals surface area contributed by atoms with E-state index < -0.39 is 0 Å². The van der Waals surface area contributed by atoms with Gasteiger partial charge in [0.2, 0.25) is 11.8 Å². The van der Waals surface area contributed by atoms with Gasteiger partial charge in [-0.25, -0.2) is 0 Å². The normalized spacial score (nSPS) is 10.7. The van der Waals surface area contributed by atoms with E-state index in [1.807, 2.05) is 69.9 Å². The molecule has 2 rings (SSSR count). The fourth-order valence-electron chi connectivity index (χ4n) is 3.62. The number of likely N-dealkylation sites (N-methyl/N-ethyl adjacent to an activating group) is 1. The van der Waals surface area contributed by atoms with Crippen molar-refractivity contribution in [2.75, 3.05) is 38.7 Å². The van der Waals surface area contributed by atoms with Crippen LogP contribution in [0, 0.1) is 20.8 Å². The minimum atomic E-state index is -0.243. The highest BCUT2D eigenvalue weighted by Gasteiger charge is 2.14. The van der Waals surface area contributed by atoms with E-state index in [1.54, 1.807) is 7.11 Å². The number of nitrogens with one attached hydrogen (secondary N) is 2. The van der Waals surface area contributed by atoms with Crippen molar-refractivity contribution in [1.82, 2.24) is 10.2 Å². The maximum atomic E-state index is 12.4. The summed E-state index contributed by atoms with van der Waals surface area (Å²) in [5.41, 5.74) is 4.98. The number of benzene rings is 2. The monoisotopic (exact) mass is 441 g/mol. The molecule has 0 saturated heterocycles. The van der Waals surface area contributed by atoms with E-state index in [2.05, 4.69) is 10.6 Å². The summed E-state index contributed by atoms with van der Waals surface area (Å²) in [4.78, 5) is 26.8. The number of anilines is 1. The first-order valence-electron chi connectivity index (χ1n) is 10.9. The van der Waals surface area contributed by atoms with E-state index in [9.17, 15) is 9.59 Å². The molecule has 0 aliphatic carbocycles. The van der Waals surface area contributed by atoms with Gasteiger partial charge in [-0.15, -0.1) is 0 Å². The Morgan fingerprint density at radius 1 is 0.969 bits per heavy atom. The Morgan fingerprint density at radius 2 is 1.66 bits per heavy atom. The Morgan fingerprint density at radius 3 is 2.25 bits per heavy atom. The van der Waals surface area contributed by atoms with Gasteiger partial charge in [0.15, 0.2) is 11.5 Å². The molecule has 0 unspecified atom stereocenters. The Kier molecular flexibility index (Phi) is 9.53. The summed E-state index contributed by atoms with van der Waals surface area (Å²) in [6, 6.07) is 9.82. The lowest BCUT2D eigenvalue weighted by Gasteiger charge is -2.21. The molecular weight excluding hydrogens is 406 g/mol. The summed E-state index contributed by atoms with van der Waals surface area (Å²) in [5.74, 6) is 0.928. The van der Waals surface area contributed by atoms with Crippen molar-refractivity contribution in [3.63, 3.8) is 0 Å². The second-order valence-electron chi connectivity index (χ2n) is 7.82. The van der Waals surface area contributed by atoms with Crippen LogP contribution >= 0.6 is 0 Å². The minimum absolute atomic E-state index is 0.0694. The molecule has 2 aromatic carbocycles. The fourth-order valence-corrected chi connectivity index (χ4v) is 3.62. The van der Waals surface area contributed by atoms with E-state index in [1.165, 1.54) is 0 Å². The van der Waals surface area contributed by atoms with Crippen LogP contribution in [0.4, 0.5) is 5.69 Å². The largest absolute Gasteiger partial charge is 0.493 e. The number of carbonyl (C=O) groups is 2. The van der Waals surface area contributed by atoms with Gasteiger partial charge in [-0.05, 0) is 63.1 Å². The first-order valence-corrected chi connectivity index (χ1v) is 10.9. The van der Waals surface area contributed by atoms with Gasteiger partial charge in [-0.2, -0.15) is 0 Å². The Bertz CT molecular complexity index is 920. The summed E-state index contributed by atoms with van der Waals surface area (Å²) in [6.07, 6.45) is 0. The van der Waals surface area contributed by atoms with Crippen molar-refractivity contribution in [2.45, 2.75) is 41.2 Å². The van der Waals surface area contributed by atoms with Crippen LogP contribution < -0.4 is 20.1 Å². The molecule has 0 aliphatic rings. The second kappa shape index (κ2) is 12.1. The van der Waals surface area contributed by atoms with E-state index in [4.69, 9.17) is 9.47 Å². The quantitative estimate of drug-likeness (QED) is 0.557. The SMILES string of the molecule is CCOc1ccc(CN(CC)CC(=O)NCC(=O)Nc2c(C)cc(C)cc2C)cc1OC. The van der Waals surface area contributed by atoms with Crippen LogP contribution in [0.25, 0.3) is 0 Å². The van der Waals surface area contributed by atoms with Gasteiger partial charge in [0.1, 0.15) is 0 Å². The zero-order valence-corrected chi connectivity index (χ0v) is 20.0. The van der Waals surface area contributed by atoms with E-state index in [0.29, 0.717) is 31.2 Å². The molecule has 0 spiro atoms. The molecule has 7 nitrogen and oxygen atoms in total. The molecule has 0 atom stereocenters.